The molecule has 1 saturated heterocycles. The quantitative estimate of drug-likeness (QED) is 0.597. The number of hydrogen-bond donors (Lipinski definition) is 0. The summed E-state index contributed by atoms with van der Waals surface area (Å²) in [5.74, 6) is 0.392. The van der Waals surface area contributed by atoms with Crippen molar-refractivity contribution in [1.29, 1.82) is 0 Å². The molecule has 1 aliphatic rings. The van der Waals surface area contributed by atoms with Crippen LogP contribution < -0.4 is 0 Å². The molecule has 2 nitrogen and oxygen atoms in total. The van der Waals surface area contributed by atoms with Gasteiger partial charge in [0.05, 0.1) is 6.54 Å². The second-order valence-electron chi connectivity index (χ2n) is 4.57. The first-order chi connectivity index (χ1) is 5.43. The molecule has 0 atom stereocenters. The Morgan fingerprint density at radius 2 is 2.00 bits per heavy atom. The monoisotopic (exact) mass is 169 g/mol. The maximum Gasteiger partial charge on any atom is 0.146 e. The largest absolute Gasteiger partial charge is 0.298 e. The summed E-state index contributed by atoms with van der Waals surface area (Å²) < 4.78 is 0. The van der Waals surface area contributed by atoms with Gasteiger partial charge in [-0.15, -0.1) is 0 Å². The molecule has 70 valence electrons. The highest BCUT2D eigenvalue weighted by Crippen LogP contribution is 2.27. The number of carbonyl (C=O) groups excluding carboxylic acids is 1. The van der Waals surface area contributed by atoms with Crippen molar-refractivity contribution in [3.63, 3.8) is 0 Å². The zero-order valence-corrected chi connectivity index (χ0v) is 8.55. The van der Waals surface area contributed by atoms with Crippen molar-refractivity contribution in [2.45, 2.75) is 52.1 Å². The van der Waals surface area contributed by atoms with Gasteiger partial charge in [0.15, 0.2) is 0 Å². The van der Waals surface area contributed by atoms with Gasteiger partial charge in [-0.05, 0) is 34.1 Å². The molecular weight excluding hydrogens is 150 g/mol. The van der Waals surface area contributed by atoms with Crippen LogP contribution in [0.2, 0.25) is 0 Å². The maximum absolute atomic E-state index is 11.2. The van der Waals surface area contributed by atoms with E-state index in [1.807, 2.05) is 0 Å². The highest BCUT2D eigenvalue weighted by molar-refractivity contribution is 5.81. The molecular formula is C10H19NO. The van der Waals surface area contributed by atoms with E-state index in [2.05, 4.69) is 32.6 Å². The summed E-state index contributed by atoms with van der Waals surface area (Å²) in [6.07, 6.45) is 1.76. The van der Waals surface area contributed by atoms with Crippen LogP contribution in [-0.4, -0.2) is 28.8 Å². The summed E-state index contributed by atoms with van der Waals surface area (Å²) in [5.41, 5.74) is 0.210. The van der Waals surface area contributed by atoms with Gasteiger partial charge in [0.2, 0.25) is 0 Å². The van der Waals surface area contributed by atoms with Gasteiger partial charge in [0, 0.05) is 18.0 Å². The van der Waals surface area contributed by atoms with E-state index in [1.165, 1.54) is 0 Å². The second kappa shape index (κ2) is 3.17. The van der Waals surface area contributed by atoms with Crippen molar-refractivity contribution in [3.05, 3.63) is 0 Å². The standard InChI is InChI=1S/C10H19NO/c1-8(2)11-7-9(12)5-6-10(11,3)4/h8H,5-7H2,1-4H3. The number of ketones is 1. The Bertz CT molecular complexity index is 184. The molecule has 1 rings (SSSR count). The molecule has 0 aromatic heterocycles. The van der Waals surface area contributed by atoms with Crippen LogP contribution in [0.5, 0.6) is 0 Å². The molecule has 2 heteroatoms. The van der Waals surface area contributed by atoms with Gasteiger partial charge in [0.1, 0.15) is 5.78 Å². The van der Waals surface area contributed by atoms with Crippen molar-refractivity contribution in [2.24, 2.45) is 0 Å². The van der Waals surface area contributed by atoms with Gasteiger partial charge >= 0.3 is 0 Å². The summed E-state index contributed by atoms with van der Waals surface area (Å²) in [5, 5.41) is 0. The third-order valence-electron chi connectivity index (χ3n) is 2.76. The summed E-state index contributed by atoms with van der Waals surface area (Å²) >= 11 is 0. The van der Waals surface area contributed by atoms with Gasteiger partial charge < -0.3 is 0 Å². The molecule has 0 spiro atoms. The molecule has 0 aliphatic carbocycles. The topological polar surface area (TPSA) is 20.3 Å². The average Bonchev–Trinajstić information content (AvgIpc) is 1.94. The maximum atomic E-state index is 11.2. The van der Waals surface area contributed by atoms with Crippen LogP contribution >= 0.6 is 0 Å². The fraction of sp³-hybridized carbons (Fsp3) is 0.900. The van der Waals surface area contributed by atoms with Crippen LogP contribution in [0.1, 0.15) is 40.5 Å². The molecule has 0 bridgehead atoms. The van der Waals surface area contributed by atoms with Crippen LogP contribution in [-0.2, 0) is 4.79 Å². The van der Waals surface area contributed by atoms with Crippen LogP contribution in [0, 0.1) is 0 Å². The van der Waals surface area contributed by atoms with E-state index in [0.717, 1.165) is 12.8 Å². The van der Waals surface area contributed by atoms with Gasteiger partial charge in [-0.1, -0.05) is 0 Å². The van der Waals surface area contributed by atoms with Gasteiger partial charge in [-0.3, -0.25) is 9.69 Å². The first-order valence-corrected chi connectivity index (χ1v) is 4.72. The van der Waals surface area contributed by atoms with Crippen molar-refractivity contribution in [3.8, 4) is 0 Å². The van der Waals surface area contributed by atoms with E-state index >= 15 is 0 Å². The normalized spacial score (nSPS) is 24.9. The van der Waals surface area contributed by atoms with Crippen LogP contribution in [0.4, 0.5) is 0 Å². The molecule has 1 fully saturated rings. The summed E-state index contributed by atoms with van der Waals surface area (Å²) in [6, 6.07) is 0.476. The molecule has 1 aliphatic heterocycles. The Kier molecular flexibility index (Phi) is 2.57. The Labute approximate surface area is 74.9 Å². The number of Topliss-reactive ketones (excluding diaryl/α,β-unsaturated/α-hetero) is 1. The first-order valence-electron chi connectivity index (χ1n) is 4.72. The zero-order chi connectivity index (χ0) is 9.35. The fourth-order valence-electron chi connectivity index (χ4n) is 1.95. The van der Waals surface area contributed by atoms with Crippen molar-refractivity contribution >= 4 is 5.78 Å². The first kappa shape index (κ1) is 9.72. The van der Waals surface area contributed by atoms with Crippen LogP contribution in [0.3, 0.4) is 0 Å². The predicted octanol–water partition coefficient (Wildman–Crippen LogP) is 1.84. The number of hydrogen-bond acceptors (Lipinski definition) is 2. The van der Waals surface area contributed by atoms with Crippen molar-refractivity contribution in [1.82, 2.24) is 4.90 Å². The van der Waals surface area contributed by atoms with E-state index in [4.69, 9.17) is 0 Å². The molecule has 0 N–H and O–H groups in total. The predicted molar refractivity (Wildman–Crippen MR) is 50.2 cm³/mol. The minimum Gasteiger partial charge on any atom is -0.298 e. The van der Waals surface area contributed by atoms with Crippen molar-refractivity contribution < 1.29 is 4.79 Å². The lowest BCUT2D eigenvalue weighted by Crippen LogP contribution is -2.53. The third-order valence-corrected chi connectivity index (χ3v) is 2.76. The SMILES string of the molecule is CC(C)N1CC(=O)CCC1(C)C. The summed E-state index contributed by atoms with van der Waals surface area (Å²) in [7, 11) is 0. The fourth-order valence-corrected chi connectivity index (χ4v) is 1.95. The van der Waals surface area contributed by atoms with Crippen LogP contribution in [0.15, 0.2) is 0 Å². The molecule has 0 aromatic rings. The van der Waals surface area contributed by atoms with E-state index < -0.39 is 0 Å². The highest BCUT2D eigenvalue weighted by Gasteiger charge is 2.34. The van der Waals surface area contributed by atoms with Gasteiger partial charge in [-0.2, -0.15) is 0 Å². The second-order valence-corrected chi connectivity index (χ2v) is 4.57. The lowest BCUT2D eigenvalue weighted by atomic mass is 9.89. The Balaban J connectivity index is 2.72. The molecule has 0 radical (unpaired) electrons. The molecule has 1 heterocycles. The smallest absolute Gasteiger partial charge is 0.146 e. The minimum atomic E-state index is 0.210. The van der Waals surface area contributed by atoms with E-state index in [9.17, 15) is 4.79 Å². The minimum absolute atomic E-state index is 0.210. The molecule has 12 heavy (non-hydrogen) atoms. The molecule has 0 amide bonds. The molecule has 0 unspecified atom stereocenters. The van der Waals surface area contributed by atoms with Crippen molar-refractivity contribution in [2.75, 3.05) is 6.54 Å². The lowest BCUT2D eigenvalue weighted by Gasteiger charge is -2.44. The number of likely N-dealkylation sites (tertiary alicyclic amines) is 1. The average molecular weight is 169 g/mol. The number of nitrogens with zero attached hydrogens (tertiary/aromatic N) is 1. The number of rotatable bonds is 1. The zero-order valence-electron chi connectivity index (χ0n) is 8.55. The van der Waals surface area contributed by atoms with Crippen LogP contribution in [0.25, 0.3) is 0 Å². The van der Waals surface area contributed by atoms with Gasteiger partial charge in [0.25, 0.3) is 0 Å². The van der Waals surface area contributed by atoms with E-state index in [0.29, 0.717) is 18.4 Å². The summed E-state index contributed by atoms with van der Waals surface area (Å²) in [6.45, 7) is 9.39. The third kappa shape index (κ3) is 1.86. The Morgan fingerprint density at radius 3 is 2.42 bits per heavy atom. The number of piperidine rings is 1. The molecule has 0 aromatic carbocycles. The number of carbonyl (C=O) groups is 1. The lowest BCUT2D eigenvalue weighted by molar-refractivity contribution is -0.126. The molecule has 0 saturated carbocycles. The van der Waals surface area contributed by atoms with E-state index in [-0.39, 0.29) is 5.54 Å². The summed E-state index contributed by atoms with van der Waals surface area (Å²) in [4.78, 5) is 13.5. The van der Waals surface area contributed by atoms with Gasteiger partial charge in [-0.25, -0.2) is 0 Å². The van der Waals surface area contributed by atoms with E-state index in [1.54, 1.807) is 0 Å². The highest BCUT2D eigenvalue weighted by atomic mass is 16.1. The Morgan fingerprint density at radius 1 is 1.42 bits per heavy atom. The Hall–Kier alpha value is -0.370.